The minimum atomic E-state index is -1.01. The average Bonchev–Trinajstić information content (AvgIpc) is 2.73. The molecule has 0 radical (unpaired) electrons. The smallest absolute Gasteiger partial charge is 0.125 e. The molecule has 2 N–H and O–H groups in total. The third kappa shape index (κ3) is 2.49. The summed E-state index contributed by atoms with van der Waals surface area (Å²) in [6.07, 6.45) is 4.03. The highest BCUT2D eigenvalue weighted by atomic mass is 79.9. The van der Waals surface area contributed by atoms with Gasteiger partial charge in [0.25, 0.3) is 0 Å². The van der Waals surface area contributed by atoms with Crippen LogP contribution in [0, 0.1) is 5.92 Å². The lowest BCUT2D eigenvalue weighted by Gasteiger charge is -2.38. The van der Waals surface area contributed by atoms with E-state index in [1.807, 2.05) is 6.92 Å². The topological polar surface area (TPSA) is 58.3 Å². The molecule has 0 aliphatic heterocycles. The highest BCUT2D eigenvalue weighted by molar-refractivity contribution is 9.10. The van der Waals surface area contributed by atoms with Crippen LogP contribution in [0.1, 0.15) is 51.3 Å². The van der Waals surface area contributed by atoms with Crippen LogP contribution in [0.2, 0.25) is 0 Å². The van der Waals surface area contributed by atoms with E-state index in [-0.39, 0.29) is 0 Å². The van der Waals surface area contributed by atoms with E-state index in [1.54, 1.807) is 10.9 Å². The minimum absolute atomic E-state index is 0.636. The normalized spacial score (nSPS) is 30.4. The van der Waals surface area contributed by atoms with Crippen LogP contribution in [-0.2, 0) is 6.54 Å². The van der Waals surface area contributed by atoms with Gasteiger partial charge < -0.3 is 10.2 Å². The molecule has 1 aliphatic carbocycles. The lowest BCUT2D eigenvalue weighted by Crippen LogP contribution is -2.40. The van der Waals surface area contributed by atoms with Gasteiger partial charge in [0.1, 0.15) is 6.10 Å². The van der Waals surface area contributed by atoms with Crippen molar-refractivity contribution in [2.24, 2.45) is 5.92 Å². The highest BCUT2D eigenvalue weighted by Crippen LogP contribution is 2.41. The molecule has 1 aromatic heterocycles. The van der Waals surface area contributed by atoms with Crippen LogP contribution < -0.4 is 0 Å². The van der Waals surface area contributed by atoms with E-state index in [4.69, 9.17) is 0 Å². The quantitative estimate of drug-likeness (QED) is 0.901. The van der Waals surface area contributed by atoms with Crippen LogP contribution >= 0.6 is 15.9 Å². The number of halogens is 1. The van der Waals surface area contributed by atoms with E-state index in [2.05, 4.69) is 28.0 Å². The fraction of sp³-hybridized carbons (Fsp3) is 0.769. The molecule has 0 amide bonds. The van der Waals surface area contributed by atoms with Gasteiger partial charge in [-0.15, -0.1) is 0 Å². The van der Waals surface area contributed by atoms with Crippen LogP contribution in [0.25, 0.3) is 0 Å². The van der Waals surface area contributed by atoms with E-state index in [0.29, 0.717) is 31.0 Å². The van der Waals surface area contributed by atoms with Crippen molar-refractivity contribution in [3.05, 3.63) is 16.4 Å². The molecule has 1 atom stereocenters. The second-order valence-electron chi connectivity index (χ2n) is 5.38. The van der Waals surface area contributed by atoms with Crippen LogP contribution in [0.3, 0.4) is 0 Å². The van der Waals surface area contributed by atoms with Crippen molar-refractivity contribution in [2.75, 3.05) is 0 Å². The van der Waals surface area contributed by atoms with Crippen LogP contribution in [0.4, 0.5) is 0 Å². The largest absolute Gasteiger partial charge is 0.387 e. The standard InChI is InChI=1S/C13H21BrN2O2/c1-3-16-11(10(14)8-15-16)12(17)13(18)6-4-9(2)5-7-13/h8-9,12,17-18H,3-7H2,1-2H3. The maximum absolute atomic E-state index is 10.7. The summed E-state index contributed by atoms with van der Waals surface area (Å²) in [4.78, 5) is 0. The van der Waals surface area contributed by atoms with Gasteiger partial charge >= 0.3 is 0 Å². The van der Waals surface area contributed by atoms with Gasteiger partial charge in [0, 0.05) is 6.54 Å². The maximum Gasteiger partial charge on any atom is 0.125 e. The summed E-state index contributed by atoms with van der Waals surface area (Å²) in [5.41, 5.74) is -0.323. The van der Waals surface area contributed by atoms with Crippen molar-refractivity contribution in [1.82, 2.24) is 9.78 Å². The lowest BCUT2D eigenvalue weighted by molar-refractivity contribution is -0.108. The second kappa shape index (κ2) is 5.31. The van der Waals surface area contributed by atoms with E-state index in [9.17, 15) is 10.2 Å². The summed E-state index contributed by atoms with van der Waals surface area (Å²) >= 11 is 3.41. The van der Waals surface area contributed by atoms with Gasteiger partial charge in [0.05, 0.1) is 22.0 Å². The van der Waals surface area contributed by atoms with Crippen molar-refractivity contribution in [1.29, 1.82) is 0 Å². The molecule has 102 valence electrons. The van der Waals surface area contributed by atoms with Crippen LogP contribution in [-0.4, -0.2) is 25.6 Å². The van der Waals surface area contributed by atoms with Crippen LogP contribution in [0.5, 0.6) is 0 Å². The second-order valence-corrected chi connectivity index (χ2v) is 6.24. The number of aryl methyl sites for hydroxylation is 1. The molecule has 1 unspecified atom stereocenters. The molecule has 0 aromatic carbocycles. The number of aliphatic hydroxyl groups excluding tert-OH is 1. The molecular formula is C13H21BrN2O2. The molecule has 5 heteroatoms. The first-order valence-electron chi connectivity index (χ1n) is 6.59. The number of nitrogens with zero attached hydrogens (tertiary/aromatic N) is 2. The monoisotopic (exact) mass is 316 g/mol. The zero-order valence-corrected chi connectivity index (χ0v) is 12.5. The van der Waals surface area contributed by atoms with E-state index in [0.717, 1.165) is 17.3 Å². The molecule has 1 aromatic rings. The fourth-order valence-corrected chi connectivity index (χ4v) is 3.20. The summed E-state index contributed by atoms with van der Waals surface area (Å²) < 4.78 is 2.51. The fourth-order valence-electron chi connectivity index (χ4n) is 2.69. The van der Waals surface area contributed by atoms with Gasteiger partial charge in [-0.1, -0.05) is 6.92 Å². The summed E-state index contributed by atoms with van der Waals surface area (Å²) in [6, 6.07) is 0. The Bertz CT molecular complexity index is 411. The Kier molecular flexibility index (Phi) is 4.14. The Morgan fingerprint density at radius 1 is 1.56 bits per heavy atom. The first-order chi connectivity index (χ1) is 8.48. The molecule has 1 fully saturated rings. The third-order valence-corrected chi connectivity index (χ3v) is 4.65. The zero-order chi connectivity index (χ0) is 13.3. The van der Waals surface area contributed by atoms with Crippen molar-refractivity contribution in [3.63, 3.8) is 0 Å². The molecule has 0 bridgehead atoms. The van der Waals surface area contributed by atoms with Crippen molar-refractivity contribution in [2.45, 2.75) is 57.8 Å². The van der Waals surface area contributed by atoms with Gasteiger partial charge in [-0.25, -0.2) is 0 Å². The number of rotatable bonds is 3. The summed E-state index contributed by atoms with van der Waals surface area (Å²) in [7, 11) is 0. The van der Waals surface area contributed by atoms with Gasteiger partial charge in [0.2, 0.25) is 0 Å². The Hall–Kier alpha value is -0.390. The Labute approximate surface area is 116 Å². The number of aromatic nitrogens is 2. The van der Waals surface area contributed by atoms with E-state index < -0.39 is 11.7 Å². The zero-order valence-electron chi connectivity index (χ0n) is 10.9. The van der Waals surface area contributed by atoms with Crippen molar-refractivity contribution in [3.8, 4) is 0 Å². The SMILES string of the molecule is CCn1ncc(Br)c1C(O)C1(O)CCC(C)CC1. The van der Waals surface area contributed by atoms with Gasteiger partial charge in [0.15, 0.2) is 0 Å². The minimum Gasteiger partial charge on any atom is -0.387 e. The van der Waals surface area contributed by atoms with E-state index in [1.165, 1.54) is 0 Å². The molecule has 0 saturated heterocycles. The number of hydrogen-bond donors (Lipinski definition) is 2. The summed E-state index contributed by atoms with van der Waals surface area (Å²) in [5.74, 6) is 0.636. The van der Waals surface area contributed by atoms with E-state index >= 15 is 0 Å². The molecule has 1 saturated carbocycles. The molecule has 1 aliphatic rings. The average molecular weight is 317 g/mol. The molecule has 18 heavy (non-hydrogen) atoms. The molecule has 4 nitrogen and oxygen atoms in total. The maximum atomic E-state index is 10.7. The van der Waals surface area contributed by atoms with Crippen molar-refractivity contribution < 1.29 is 10.2 Å². The predicted octanol–water partition coefficient (Wildman–Crippen LogP) is 2.64. The van der Waals surface area contributed by atoms with Gasteiger partial charge in [-0.05, 0) is 54.5 Å². The molecule has 1 heterocycles. The Balaban J connectivity index is 2.24. The predicted molar refractivity (Wildman–Crippen MR) is 73.1 cm³/mol. The Morgan fingerprint density at radius 2 is 2.17 bits per heavy atom. The number of hydrogen-bond acceptors (Lipinski definition) is 3. The van der Waals surface area contributed by atoms with Gasteiger partial charge in [-0.3, -0.25) is 4.68 Å². The van der Waals surface area contributed by atoms with Crippen molar-refractivity contribution >= 4 is 15.9 Å². The Morgan fingerprint density at radius 3 is 2.72 bits per heavy atom. The summed E-state index contributed by atoms with van der Waals surface area (Å²) in [5, 5.41) is 25.4. The first kappa shape index (κ1) is 14.0. The molecule has 2 rings (SSSR count). The third-order valence-electron chi connectivity index (χ3n) is 4.04. The first-order valence-corrected chi connectivity index (χ1v) is 7.39. The molecule has 0 spiro atoms. The summed E-state index contributed by atoms with van der Waals surface area (Å²) in [6.45, 7) is 4.85. The van der Waals surface area contributed by atoms with Crippen LogP contribution in [0.15, 0.2) is 10.7 Å². The van der Waals surface area contributed by atoms with Gasteiger partial charge in [-0.2, -0.15) is 5.10 Å². The lowest BCUT2D eigenvalue weighted by atomic mass is 9.76. The number of aliphatic hydroxyl groups is 2. The molecular weight excluding hydrogens is 296 g/mol. The highest BCUT2D eigenvalue weighted by Gasteiger charge is 2.41.